The van der Waals surface area contributed by atoms with Gasteiger partial charge in [-0.2, -0.15) is 0 Å². The molecule has 4 rings (SSSR count). The van der Waals surface area contributed by atoms with Gasteiger partial charge in [-0.1, -0.05) is 78.6 Å². The van der Waals surface area contributed by atoms with Gasteiger partial charge >= 0.3 is 0 Å². The summed E-state index contributed by atoms with van der Waals surface area (Å²) in [5.74, 6) is 0.512. The summed E-state index contributed by atoms with van der Waals surface area (Å²) < 4.78 is 0. The average molecular weight is 241 g/mol. The van der Waals surface area contributed by atoms with Crippen molar-refractivity contribution in [3.8, 4) is 0 Å². The van der Waals surface area contributed by atoms with Crippen molar-refractivity contribution in [3.63, 3.8) is 0 Å². The van der Waals surface area contributed by atoms with Crippen LogP contribution in [-0.4, -0.2) is 7.28 Å². The minimum Gasteiger partial charge on any atom is -0.0784 e. The molecule has 0 unspecified atom stereocenters. The van der Waals surface area contributed by atoms with Crippen LogP contribution < -0.4 is 5.46 Å². The summed E-state index contributed by atoms with van der Waals surface area (Å²) in [5.41, 5.74) is 5.44. The van der Waals surface area contributed by atoms with E-state index in [1.54, 1.807) is 0 Å². The maximum absolute atomic E-state index is 2.30. The topological polar surface area (TPSA) is 0 Å². The number of benzene rings is 2. The largest absolute Gasteiger partial charge is 0.193 e. The molecule has 2 aromatic rings. The van der Waals surface area contributed by atoms with Crippen molar-refractivity contribution in [2.75, 3.05) is 0 Å². The molecule has 0 saturated carbocycles. The van der Waals surface area contributed by atoms with Crippen molar-refractivity contribution in [2.24, 2.45) is 5.92 Å². The van der Waals surface area contributed by atoms with Crippen molar-refractivity contribution in [1.82, 2.24) is 0 Å². The third-order valence-corrected chi connectivity index (χ3v) is 4.00. The zero-order valence-electron chi connectivity index (χ0n) is 10.9. The molecule has 19 heavy (non-hydrogen) atoms. The molecule has 2 aromatic carbocycles. The van der Waals surface area contributed by atoms with E-state index in [-0.39, 0.29) is 0 Å². The molecule has 0 nitrogen and oxygen atoms in total. The summed E-state index contributed by atoms with van der Waals surface area (Å²) in [7, 11) is 2.30. The summed E-state index contributed by atoms with van der Waals surface area (Å²) in [6.07, 6.45) is 9.09. The summed E-state index contributed by atoms with van der Waals surface area (Å²) in [4.78, 5) is 0. The van der Waals surface area contributed by atoms with Gasteiger partial charge in [-0.05, 0) is 27.8 Å². The first-order chi connectivity index (χ1) is 9.33. The fourth-order valence-corrected chi connectivity index (χ4v) is 2.98. The van der Waals surface area contributed by atoms with E-state index in [2.05, 4.69) is 74.9 Å². The van der Waals surface area contributed by atoms with Crippen LogP contribution >= 0.6 is 0 Å². The first kappa shape index (κ1) is 10.9. The molecule has 0 saturated heterocycles. The van der Waals surface area contributed by atoms with Crippen LogP contribution in [0.1, 0.15) is 12.5 Å². The van der Waals surface area contributed by atoms with E-state index in [4.69, 9.17) is 0 Å². The molecular weight excluding hydrogens is 227 g/mol. The number of hydrogen-bond acceptors (Lipinski definition) is 0. The Hall–Kier alpha value is -2.02. The smallest absolute Gasteiger partial charge is 0.0784 e. The Morgan fingerprint density at radius 3 is 2.74 bits per heavy atom. The van der Waals surface area contributed by atoms with Gasteiger partial charge in [-0.25, -0.2) is 0 Å². The number of hydrogen-bond donors (Lipinski definition) is 0. The second kappa shape index (κ2) is 3.99. The molecule has 1 aliphatic heterocycles. The molecule has 0 bridgehead atoms. The van der Waals surface area contributed by atoms with E-state index in [9.17, 15) is 0 Å². The molecule has 1 radical (unpaired) electrons. The zero-order chi connectivity index (χ0) is 12.8. The summed E-state index contributed by atoms with van der Waals surface area (Å²) in [5, 5.41) is 2.67. The lowest BCUT2D eigenvalue weighted by atomic mass is 9.66. The standard InChI is InChI=1S/C18H14B/c1-12-6-9-15-16(10-7-12)19-17-11-8-13-4-2-3-5-14(13)18(15)17/h2-12H,1H3/t12-/m1/s1. The monoisotopic (exact) mass is 241 g/mol. The maximum atomic E-state index is 2.30. The minimum absolute atomic E-state index is 0.512. The van der Waals surface area contributed by atoms with Crippen LogP contribution in [-0.2, 0) is 0 Å². The van der Waals surface area contributed by atoms with Crippen LogP contribution in [0.2, 0.25) is 0 Å². The molecule has 1 atom stereocenters. The lowest BCUT2D eigenvalue weighted by molar-refractivity contribution is 0.942. The highest BCUT2D eigenvalue weighted by molar-refractivity contribution is 6.68. The SMILES string of the molecule is C[C@H]1C=CC2=C(C=C1)c1c(ccc3ccccc13)[B]2. The van der Waals surface area contributed by atoms with Crippen molar-refractivity contribution in [2.45, 2.75) is 6.92 Å². The van der Waals surface area contributed by atoms with Gasteiger partial charge in [0.05, 0.1) is 0 Å². The quantitative estimate of drug-likeness (QED) is 0.617. The van der Waals surface area contributed by atoms with Crippen LogP contribution in [0.15, 0.2) is 66.2 Å². The maximum Gasteiger partial charge on any atom is 0.193 e. The lowest BCUT2D eigenvalue weighted by Crippen LogP contribution is -2.13. The zero-order valence-corrected chi connectivity index (χ0v) is 10.9. The Bertz CT molecular complexity index is 762. The highest BCUT2D eigenvalue weighted by Crippen LogP contribution is 2.33. The van der Waals surface area contributed by atoms with Crippen molar-refractivity contribution in [1.29, 1.82) is 0 Å². The third kappa shape index (κ3) is 1.62. The highest BCUT2D eigenvalue weighted by atomic mass is 14.2. The minimum atomic E-state index is 0.512. The first-order valence-electron chi connectivity index (χ1n) is 6.80. The van der Waals surface area contributed by atoms with Gasteiger partial charge in [0.15, 0.2) is 7.28 Å². The van der Waals surface area contributed by atoms with E-state index in [1.165, 1.54) is 32.8 Å². The second-order valence-electron chi connectivity index (χ2n) is 5.34. The first-order valence-corrected chi connectivity index (χ1v) is 6.80. The van der Waals surface area contributed by atoms with E-state index in [0.29, 0.717) is 5.92 Å². The average Bonchev–Trinajstić information content (AvgIpc) is 2.71. The Morgan fingerprint density at radius 2 is 1.79 bits per heavy atom. The molecule has 1 aliphatic carbocycles. The van der Waals surface area contributed by atoms with Gasteiger partial charge in [0.2, 0.25) is 0 Å². The van der Waals surface area contributed by atoms with Gasteiger partial charge in [0.1, 0.15) is 0 Å². The predicted molar refractivity (Wildman–Crippen MR) is 83.7 cm³/mol. The fraction of sp³-hybridized carbons (Fsp3) is 0.111. The third-order valence-electron chi connectivity index (χ3n) is 4.00. The van der Waals surface area contributed by atoms with E-state index >= 15 is 0 Å². The van der Waals surface area contributed by atoms with Crippen molar-refractivity contribution in [3.05, 3.63) is 71.7 Å². The van der Waals surface area contributed by atoms with E-state index in [1.807, 2.05) is 0 Å². The molecule has 0 N–H and O–H groups in total. The van der Waals surface area contributed by atoms with Crippen molar-refractivity contribution >= 4 is 29.1 Å². The Morgan fingerprint density at radius 1 is 0.947 bits per heavy atom. The second-order valence-corrected chi connectivity index (χ2v) is 5.34. The molecular formula is C18H14B. The van der Waals surface area contributed by atoms with Gasteiger partial charge in [0.25, 0.3) is 0 Å². The predicted octanol–water partition coefficient (Wildman–Crippen LogP) is 3.66. The van der Waals surface area contributed by atoms with Gasteiger partial charge in [-0.3, -0.25) is 0 Å². The molecule has 0 fully saturated rings. The number of fused-ring (bicyclic) bond motifs is 4. The summed E-state index contributed by atoms with van der Waals surface area (Å²) >= 11 is 0. The molecule has 2 aliphatic rings. The molecule has 1 heteroatoms. The van der Waals surface area contributed by atoms with Crippen LogP contribution in [0, 0.1) is 5.92 Å². The van der Waals surface area contributed by atoms with Crippen LogP contribution in [0.25, 0.3) is 16.3 Å². The highest BCUT2D eigenvalue weighted by Gasteiger charge is 2.22. The van der Waals surface area contributed by atoms with Gasteiger partial charge in [0, 0.05) is 0 Å². The fourth-order valence-electron chi connectivity index (χ4n) is 2.98. The lowest BCUT2D eigenvalue weighted by Gasteiger charge is -2.08. The Balaban J connectivity index is 2.03. The van der Waals surface area contributed by atoms with Crippen LogP contribution in [0.4, 0.5) is 0 Å². The van der Waals surface area contributed by atoms with Gasteiger partial charge < -0.3 is 0 Å². The van der Waals surface area contributed by atoms with Gasteiger partial charge in [-0.15, -0.1) is 0 Å². The van der Waals surface area contributed by atoms with Crippen molar-refractivity contribution < 1.29 is 0 Å². The molecule has 0 spiro atoms. The number of rotatable bonds is 0. The van der Waals surface area contributed by atoms with Crippen LogP contribution in [0.5, 0.6) is 0 Å². The Kier molecular flexibility index (Phi) is 2.28. The molecule has 1 heterocycles. The Labute approximate surface area is 114 Å². The van der Waals surface area contributed by atoms with E-state index < -0.39 is 0 Å². The molecule has 0 amide bonds. The summed E-state index contributed by atoms with van der Waals surface area (Å²) in [6.45, 7) is 2.22. The van der Waals surface area contributed by atoms with E-state index in [0.717, 1.165) is 0 Å². The molecule has 0 aromatic heterocycles. The summed E-state index contributed by atoms with van der Waals surface area (Å²) in [6, 6.07) is 13.1. The molecule has 89 valence electrons. The van der Waals surface area contributed by atoms with Crippen LogP contribution in [0.3, 0.4) is 0 Å². The number of allylic oxidation sites excluding steroid dienone is 6. The normalized spacial score (nSPS) is 20.2.